The van der Waals surface area contributed by atoms with Crippen molar-refractivity contribution in [3.8, 4) is 5.95 Å². The highest BCUT2D eigenvalue weighted by Gasteiger charge is 2.31. The highest BCUT2D eigenvalue weighted by atomic mass is 32.2. The van der Waals surface area contributed by atoms with Crippen LogP contribution in [0.1, 0.15) is 18.9 Å². The molecule has 0 saturated heterocycles. The van der Waals surface area contributed by atoms with Crippen LogP contribution >= 0.6 is 0 Å². The molecule has 0 amide bonds. The van der Waals surface area contributed by atoms with Crippen LogP contribution in [0.2, 0.25) is 0 Å². The van der Waals surface area contributed by atoms with Crippen LogP contribution in [0.5, 0.6) is 0 Å². The zero-order valence-corrected chi connectivity index (χ0v) is 18.3. The van der Waals surface area contributed by atoms with Crippen LogP contribution in [-0.4, -0.2) is 48.4 Å². The second-order valence-corrected chi connectivity index (χ2v) is 10.7. The first-order chi connectivity index (χ1) is 15.1. The molecule has 1 aliphatic carbocycles. The van der Waals surface area contributed by atoms with Gasteiger partial charge in [0.05, 0.1) is 22.2 Å². The Morgan fingerprint density at radius 1 is 1.22 bits per heavy atom. The molecule has 0 bridgehead atoms. The van der Waals surface area contributed by atoms with E-state index in [1.165, 1.54) is 24.5 Å². The fraction of sp³-hybridized carbons (Fsp3) is 0.263. The first-order valence-corrected chi connectivity index (χ1v) is 12.7. The van der Waals surface area contributed by atoms with Gasteiger partial charge in [-0.05, 0) is 43.2 Å². The number of aromatic nitrogens is 4. The van der Waals surface area contributed by atoms with E-state index in [1.807, 2.05) is 0 Å². The van der Waals surface area contributed by atoms with Crippen LogP contribution in [0.3, 0.4) is 0 Å². The standard InChI is InChI=1S/C19H17F2N5O4S2/c1-32(29,30)10-25(31(27)28)12-4-7-16-15(8-12)22-9-24(16)19-23-14-6-5-13(20)17(21)18(14)26(19)11-2-3-11/h4-9,11H,2-3,10H2,1H3,(H,27,28). The topological polar surface area (TPSA) is 110 Å². The Kier molecular flexibility index (Phi) is 4.80. The van der Waals surface area contributed by atoms with Gasteiger partial charge in [0.15, 0.2) is 21.5 Å². The summed E-state index contributed by atoms with van der Waals surface area (Å²) in [7, 11) is -3.57. The zero-order chi connectivity index (χ0) is 22.8. The van der Waals surface area contributed by atoms with Crippen LogP contribution < -0.4 is 4.31 Å². The van der Waals surface area contributed by atoms with Crippen LogP contribution in [0.4, 0.5) is 14.5 Å². The SMILES string of the molecule is CS(=O)(=O)CN(c1ccc2c(c1)ncn2-c1nc2ccc(F)c(F)c2n1C1CC1)S(=O)O. The second kappa shape index (κ2) is 7.32. The Bertz CT molecular complexity index is 1510. The van der Waals surface area contributed by atoms with Gasteiger partial charge in [-0.15, -0.1) is 0 Å². The van der Waals surface area contributed by atoms with Crippen molar-refractivity contribution in [1.29, 1.82) is 0 Å². The number of hydrogen-bond acceptors (Lipinski definition) is 5. The summed E-state index contributed by atoms with van der Waals surface area (Å²) in [5, 5.41) is 0. The minimum Gasteiger partial charge on any atom is -0.304 e. The van der Waals surface area contributed by atoms with Crippen molar-refractivity contribution in [2.75, 3.05) is 16.4 Å². The van der Waals surface area contributed by atoms with Crippen molar-refractivity contribution in [3.63, 3.8) is 0 Å². The maximum absolute atomic E-state index is 14.6. The van der Waals surface area contributed by atoms with Crippen LogP contribution in [0.25, 0.3) is 28.0 Å². The van der Waals surface area contributed by atoms with E-state index in [0.29, 0.717) is 22.5 Å². The molecule has 2 aromatic carbocycles. The first kappa shape index (κ1) is 21.0. The molecule has 13 heteroatoms. The van der Waals surface area contributed by atoms with Gasteiger partial charge in [-0.25, -0.2) is 31.4 Å². The van der Waals surface area contributed by atoms with Gasteiger partial charge in [-0.2, -0.15) is 0 Å². The lowest BCUT2D eigenvalue weighted by Crippen LogP contribution is -2.30. The largest absolute Gasteiger partial charge is 0.304 e. The molecule has 1 aliphatic rings. The fourth-order valence-corrected chi connectivity index (χ4v) is 5.50. The van der Waals surface area contributed by atoms with E-state index in [9.17, 15) is 26.0 Å². The number of sulfone groups is 1. The zero-order valence-electron chi connectivity index (χ0n) is 16.6. The molecule has 32 heavy (non-hydrogen) atoms. The molecule has 4 aromatic rings. The molecule has 5 rings (SSSR count). The van der Waals surface area contributed by atoms with Gasteiger partial charge in [0.25, 0.3) is 11.3 Å². The van der Waals surface area contributed by atoms with Crippen molar-refractivity contribution < 1.29 is 26.0 Å². The Morgan fingerprint density at radius 3 is 2.62 bits per heavy atom. The average Bonchev–Trinajstić information content (AvgIpc) is 3.36. The van der Waals surface area contributed by atoms with Crippen molar-refractivity contribution in [2.24, 2.45) is 0 Å². The molecule has 1 atom stereocenters. The van der Waals surface area contributed by atoms with E-state index < -0.39 is 38.6 Å². The van der Waals surface area contributed by atoms with Crippen LogP contribution in [-0.2, 0) is 21.1 Å². The highest BCUT2D eigenvalue weighted by Crippen LogP contribution is 2.41. The fourth-order valence-electron chi connectivity index (χ4n) is 3.70. The number of benzene rings is 2. The maximum atomic E-state index is 14.6. The van der Waals surface area contributed by atoms with Gasteiger partial charge >= 0.3 is 0 Å². The quantitative estimate of drug-likeness (QED) is 0.424. The summed E-state index contributed by atoms with van der Waals surface area (Å²) in [6.45, 7) is 0. The van der Waals surface area contributed by atoms with Gasteiger partial charge in [-0.3, -0.25) is 13.4 Å². The normalized spacial score (nSPS) is 15.5. The Morgan fingerprint density at radius 2 is 1.97 bits per heavy atom. The molecular weight excluding hydrogens is 464 g/mol. The van der Waals surface area contributed by atoms with Gasteiger partial charge < -0.3 is 4.57 Å². The van der Waals surface area contributed by atoms with E-state index in [0.717, 1.165) is 29.5 Å². The number of imidazole rings is 2. The third-order valence-electron chi connectivity index (χ3n) is 5.21. The molecule has 2 aromatic heterocycles. The van der Waals surface area contributed by atoms with Gasteiger partial charge in [0.1, 0.15) is 17.7 Å². The van der Waals surface area contributed by atoms with E-state index in [-0.39, 0.29) is 17.2 Å². The summed E-state index contributed by atoms with van der Waals surface area (Å²) in [5.74, 6) is -2.18. The third-order valence-corrected chi connectivity index (χ3v) is 6.82. The lowest BCUT2D eigenvalue weighted by molar-refractivity contribution is 0.511. The van der Waals surface area contributed by atoms with E-state index in [1.54, 1.807) is 15.2 Å². The van der Waals surface area contributed by atoms with E-state index in [2.05, 4.69) is 9.97 Å². The molecule has 0 radical (unpaired) electrons. The second-order valence-electron chi connectivity index (χ2n) is 7.69. The molecule has 168 valence electrons. The predicted molar refractivity (Wildman–Crippen MR) is 116 cm³/mol. The molecule has 1 saturated carbocycles. The third kappa shape index (κ3) is 3.55. The molecule has 1 N–H and O–H groups in total. The van der Waals surface area contributed by atoms with Crippen LogP contribution in [0, 0.1) is 11.6 Å². The van der Waals surface area contributed by atoms with E-state index in [4.69, 9.17) is 0 Å². The first-order valence-electron chi connectivity index (χ1n) is 9.53. The van der Waals surface area contributed by atoms with E-state index >= 15 is 0 Å². The molecule has 2 heterocycles. The number of rotatable bonds is 6. The molecule has 9 nitrogen and oxygen atoms in total. The van der Waals surface area contributed by atoms with Crippen molar-refractivity contribution in [2.45, 2.75) is 18.9 Å². The monoisotopic (exact) mass is 481 g/mol. The number of nitrogens with zero attached hydrogens (tertiary/aromatic N) is 5. The maximum Gasteiger partial charge on any atom is 0.262 e. The van der Waals surface area contributed by atoms with Gasteiger partial charge in [-0.1, -0.05) is 0 Å². The molecule has 0 aliphatic heterocycles. The Labute approximate surface area is 183 Å². The van der Waals surface area contributed by atoms with Crippen molar-refractivity contribution >= 4 is 48.9 Å². The lowest BCUT2D eigenvalue weighted by atomic mass is 10.3. The molecular formula is C19H17F2N5O4S2. The minimum absolute atomic E-state index is 0.00918. The summed E-state index contributed by atoms with van der Waals surface area (Å²) >= 11 is -2.56. The predicted octanol–water partition coefficient (Wildman–Crippen LogP) is 2.93. The smallest absolute Gasteiger partial charge is 0.262 e. The summed E-state index contributed by atoms with van der Waals surface area (Å²) in [6.07, 6.45) is 4.06. The lowest BCUT2D eigenvalue weighted by Gasteiger charge is -2.18. The van der Waals surface area contributed by atoms with Crippen LogP contribution in [0.15, 0.2) is 36.7 Å². The minimum atomic E-state index is -3.57. The summed E-state index contributed by atoms with van der Waals surface area (Å²) in [6, 6.07) is 7.03. The van der Waals surface area contributed by atoms with Crippen molar-refractivity contribution in [3.05, 3.63) is 48.3 Å². The number of hydrogen-bond donors (Lipinski definition) is 1. The molecule has 0 spiro atoms. The van der Waals surface area contributed by atoms with Gasteiger partial charge in [0.2, 0.25) is 5.95 Å². The average molecular weight is 482 g/mol. The Balaban J connectivity index is 1.66. The van der Waals surface area contributed by atoms with Crippen molar-refractivity contribution in [1.82, 2.24) is 19.1 Å². The Hall–Kier alpha value is -2.90. The highest BCUT2D eigenvalue weighted by molar-refractivity contribution is 7.92. The molecule has 1 unspecified atom stereocenters. The summed E-state index contributed by atoms with van der Waals surface area (Å²) < 4.78 is 77.1. The van der Waals surface area contributed by atoms with Gasteiger partial charge in [0, 0.05) is 12.3 Å². The summed E-state index contributed by atoms with van der Waals surface area (Å²) in [5.41, 5.74) is 1.58. The molecule has 1 fully saturated rings. The number of halogens is 2. The number of anilines is 1. The summed E-state index contributed by atoms with van der Waals surface area (Å²) in [4.78, 5) is 8.81. The number of fused-ring (bicyclic) bond motifs is 2.